The number of likely N-dealkylation sites (N-methyl/N-ethyl adjacent to an activating group) is 1. The molecule has 2 aromatic carbocycles. The standard InChI is InChI=1S/C25H33N3O3/c1-17-7-5-6-8-20(17)27-24(29)26-19-11-12-25(13-14-28(2)23(25)16-19)18-9-10-21(30-3)22(15-18)31-4/h5-10,15,19,23H,11-14,16H2,1-4H3,(H2,26,27,29)/t19-,23+,25-/m0/s1. The summed E-state index contributed by atoms with van der Waals surface area (Å²) in [6, 6.07) is 14.6. The molecule has 2 aromatic rings. The number of para-hydroxylation sites is 1. The minimum Gasteiger partial charge on any atom is -0.493 e. The van der Waals surface area contributed by atoms with Crippen molar-refractivity contribution in [1.29, 1.82) is 0 Å². The maximum Gasteiger partial charge on any atom is 0.319 e. The molecule has 2 fully saturated rings. The first kappa shape index (κ1) is 21.5. The number of nitrogens with zero attached hydrogens (tertiary/aromatic N) is 1. The summed E-state index contributed by atoms with van der Waals surface area (Å²) in [5.74, 6) is 1.54. The molecule has 2 amide bonds. The molecule has 3 atom stereocenters. The number of carbonyl (C=O) groups is 1. The average Bonchev–Trinajstić information content (AvgIpc) is 3.12. The van der Waals surface area contributed by atoms with Crippen molar-refractivity contribution >= 4 is 11.7 Å². The highest BCUT2D eigenvalue weighted by molar-refractivity contribution is 5.90. The van der Waals surface area contributed by atoms with Gasteiger partial charge in [0.25, 0.3) is 0 Å². The van der Waals surface area contributed by atoms with Crippen LogP contribution in [0.3, 0.4) is 0 Å². The molecular weight excluding hydrogens is 390 g/mol. The van der Waals surface area contributed by atoms with E-state index in [0.29, 0.717) is 6.04 Å². The number of anilines is 1. The molecule has 0 spiro atoms. The molecule has 1 saturated heterocycles. The number of nitrogens with one attached hydrogen (secondary N) is 2. The topological polar surface area (TPSA) is 62.8 Å². The molecular formula is C25H33N3O3. The lowest BCUT2D eigenvalue weighted by Gasteiger charge is -2.45. The number of urea groups is 1. The number of benzene rings is 2. The second-order valence-corrected chi connectivity index (χ2v) is 8.86. The van der Waals surface area contributed by atoms with Gasteiger partial charge >= 0.3 is 6.03 Å². The van der Waals surface area contributed by atoms with Crippen LogP contribution in [0.2, 0.25) is 0 Å². The first-order valence-electron chi connectivity index (χ1n) is 11.0. The second kappa shape index (κ2) is 8.79. The Bertz CT molecular complexity index is 947. The molecule has 1 aliphatic heterocycles. The molecule has 0 bridgehead atoms. The molecule has 0 aromatic heterocycles. The Kier molecular flexibility index (Phi) is 6.10. The van der Waals surface area contributed by atoms with E-state index in [-0.39, 0.29) is 17.5 Å². The number of rotatable bonds is 5. The number of methoxy groups -OCH3 is 2. The van der Waals surface area contributed by atoms with Gasteiger partial charge in [-0.1, -0.05) is 24.3 Å². The molecule has 1 saturated carbocycles. The van der Waals surface area contributed by atoms with Crippen LogP contribution in [0.4, 0.5) is 10.5 Å². The zero-order valence-corrected chi connectivity index (χ0v) is 18.9. The summed E-state index contributed by atoms with van der Waals surface area (Å²) in [5, 5.41) is 6.22. The van der Waals surface area contributed by atoms with Crippen LogP contribution >= 0.6 is 0 Å². The second-order valence-electron chi connectivity index (χ2n) is 8.86. The fraction of sp³-hybridized carbons (Fsp3) is 0.480. The highest BCUT2D eigenvalue weighted by Gasteiger charge is 2.50. The molecule has 2 N–H and O–H groups in total. The molecule has 0 radical (unpaired) electrons. The smallest absolute Gasteiger partial charge is 0.319 e. The van der Waals surface area contributed by atoms with Crippen LogP contribution in [0.1, 0.15) is 36.8 Å². The minimum absolute atomic E-state index is 0.0823. The monoisotopic (exact) mass is 423 g/mol. The summed E-state index contributed by atoms with van der Waals surface area (Å²) in [5.41, 5.74) is 3.30. The first-order chi connectivity index (χ1) is 15.0. The maximum absolute atomic E-state index is 12.6. The van der Waals surface area contributed by atoms with Crippen molar-refractivity contribution in [2.45, 2.75) is 50.1 Å². The third-order valence-corrected chi connectivity index (χ3v) is 7.21. The van der Waals surface area contributed by atoms with E-state index in [9.17, 15) is 4.79 Å². The molecule has 166 valence electrons. The van der Waals surface area contributed by atoms with Crippen molar-refractivity contribution < 1.29 is 14.3 Å². The molecule has 1 aliphatic carbocycles. The number of hydrogen-bond acceptors (Lipinski definition) is 4. The van der Waals surface area contributed by atoms with Crippen LogP contribution in [-0.4, -0.2) is 50.8 Å². The number of amides is 2. The van der Waals surface area contributed by atoms with Gasteiger partial charge in [0.15, 0.2) is 11.5 Å². The highest BCUT2D eigenvalue weighted by atomic mass is 16.5. The van der Waals surface area contributed by atoms with Crippen LogP contribution in [0.15, 0.2) is 42.5 Å². The molecule has 1 heterocycles. The molecule has 4 rings (SSSR count). The van der Waals surface area contributed by atoms with Gasteiger partial charge in [-0.15, -0.1) is 0 Å². The van der Waals surface area contributed by atoms with E-state index in [2.05, 4.69) is 34.7 Å². The predicted octanol–water partition coefficient (Wildman–Crippen LogP) is 4.33. The zero-order chi connectivity index (χ0) is 22.0. The Morgan fingerprint density at radius 2 is 1.87 bits per heavy atom. The predicted molar refractivity (Wildman–Crippen MR) is 123 cm³/mol. The quantitative estimate of drug-likeness (QED) is 0.752. The highest BCUT2D eigenvalue weighted by Crippen LogP contribution is 2.49. The largest absolute Gasteiger partial charge is 0.493 e. The number of hydrogen-bond donors (Lipinski definition) is 2. The van der Waals surface area contributed by atoms with E-state index in [4.69, 9.17) is 9.47 Å². The van der Waals surface area contributed by atoms with Crippen LogP contribution in [-0.2, 0) is 5.41 Å². The zero-order valence-electron chi connectivity index (χ0n) is 18.9. The van der Waals surface area contributed by atoms with E-state index in [0.717, 1.165) is 55.0 Å². The van der Waals surface area contributed by atoms with E-state index >= 15 is 0 Å². The van der Waals surface area contributed by atoms with E-state index in [1.807, 2.05) is 37.3 Å². The molecule has 31 heavy (non-hydrogen) atoms. The van der Waals surface area contributed by atoms with Gasteiger partial charge < -0.3 is 25.0 Å². The third-order valence-electron chi connectivity index (χ3n) is 7.21. The Balaban J connectivity index is 1.49. The van der Waals surface area contributed by atoms with Gasteiger partial charge in [-0.25, -0.2) is 4.79 Å². The molecule has 2 aliphatic rings. The van der Waals surface area contributed by atoms with Crippen LogP contribution in [0.25, 0.3) is 0 Å². The van der Waals surface area contributed by atoms with Crippen molar-refractivity contribution in [3.8, 4) is 11.5 Å². The van der Waals surface area contributed by atoms with Gasteiger partial charge in [0.05, 0.1) is 14.2 Å². The van der Waals surface area contributed by atoms with Gasteiger partial charge in [-0.2, -0.15) is 0 Å². The fourth-order valence-electron chi connectivity index (χ4n) is 5.45. The van der Waals surface area contributed by atoms with Crippen molar-refractivity contribution in [3.63, 3.8) is 0 Å². The van der Waals surface area contributed by atoms with Crippen LogP contribution < -0.4 is 20.1 Å². The lowest BCUT2D eigenvalue weighted by molar-refractivity contribution is 0.156. The Morgan fingerprint density at radius 1 is 1.10 bits per heavy atom. The Hall–Kier alpha value is -2.73. The summed E-state index contributed by atoms with van der Waals surface area (Å²) in [6.45, 7) is 3.06. The summed E-state index contributed by atoms with van der Waals surface area (Å²) < 4.78 is 11.0. The van der Waals surface area contributed by atoms with Crippen molar-refractivity contribution in [1.82, 2.24) is 10.2 Å². The van der Waals surface area contributed by atoms with Crippen molar-refractivity contribution in [2.24, 2.45) is 0 Å². The summed E-state index contributed by atoms with van der Waals surface area (Å²) in [7, 11) is 5.55. The number of aryl methyl sites for hydroxylation is 1. The van der Waals surface area contributed by atoms with Gasteiger partial charge in [0.2, 0.25) is 0 Å². The maximum atomic E-state index is 12.6. The number of fused-ring (bicyclic) bond motifs is 1. The Morgan fingerprint density at radius 3 is 2.61 bits per heavy atom. The summed E-state index contributed by atoms with van der Waals surface area (Å²) >= 11 is 0. The van der Waals surface area contributed by atoms with Gasteiger partial charge in [-0.3, -0.25) is 0 Å². The van der Waals surface area contributed by atoms with Gasteiger partial charge in [0.1, 0.15) is 0 Å². The minimum atomic E-state index is -0.126. The van der Waals surface area contributed by atoms with Crippen LogP contribution in [0.5, 0.6) is 11.5 Å². The normalized spacial score (nSPS) is 25.5. The van der Waals surface area contributed by atoms with Crippen molar-refractivity contribution in [2.75, 3.05) is 33.1 Å². The SMILES string of the molecule is COc1ccc([C@@]23CC[C@H](NC(=O)Nc4ccccc4C)C[C@H]2N(C)CC3)cc1OC. The fourth-order valence-corrected chi connectivity index (χ4v) is 5.45. The molecule has 0 unspecified atom stereocenters. The van der Waals surface area contributed by atoms with E-state index in [1.54, 1.807) is 14.2 Å². The van der Waals surface area contributed by atoms with Crippen molar-refractivity contribution in [3.05, 3.63) is 53.6 Å². The molecule has 6 nitrogen and oxygen atoms in total. The lowest BCUT2D eigenvalue weighted by Crippen LogP contribution is -2.52. The van der Waals surface area contributed by atoms with Crippen LogP contribution in [0, 0.1) is 6.92 Å². The van der Waals surface area contributed by atoms with E-state index < -0.39 is 0 Å². The van der Waals surface area contributed by atoms with Gasteiger partial charge in [-0.05, 0) is 75.5 Å². The first-order valence-corrected chi connectivity index (χ1v) is 11.0. The molecule has 6 heteroatoms. The van der Waals surface area contributed by atoms with Gasteiger partial charge in [0, 0.05) is 23.2 Å². The number of likely N-dealkylation sites (tertiary alicyclic amines) is 1. The third kappa shape index (κ3) is 4.09. The van der Waals surface area contributed by atoms with E-state index in [1.165, 1.54) is 5.56 Å². The number of carbonyl (C=O) groups excluding carboxylic acids is 1. The lowest BCUT2D eigenvalue weighted by atomic mass is 9.65. The Labute approximate surface area is 184 Å². The number of ether oxygens (including phenoxy) is 2. The summed E-state index contributed by atoms with van der Waals surface area (Å²) in [4.78, 5) is 15.1. The average molecular weight is 424 g/mol. The summed E-state index contributed by atoms with van der Waals surface area (Å²) in [6.07, 6.45) is 4.05.